The topological polar surface area (TPSA) is 18.5 Å². The molecule has 0 bridgehead atoms. The number of halogens is 6. The van der Waals surface area contributed by atoms with E-state index < -0.39 is 30.7 Å². The minimum atomic E-state index is -5.40. The summed E-state index contributed by atoms with van der Waals surface area (Å²) in [7, 11) is 0. The van der Waals surface area contributed by atoms with E-state index in [2.05, 4.69) is 9.47 Å². The van der Waals surface area contributed by atoms with Crippen molar-refractivity contribution in [1.82, 2.24) is 0 Å². The van der Waals surface area contributed by atoms with Crippen LogP contribution in [-0.2, 0) is 9.47 Å². The zero-order valence-electron chi connectivity index (χ0n) is 5.79. The molecule has 2 nitrogen and oxygen atoms in total. The van der Waals surface area contributed by atoms with Crippen LogP contribution in [0, 0.1) is 0 Å². The van der Waals surface area contributed by atoms with Crippen LogP contribution in [0.15, 0.2) is 12.0 Å². The largest absolute Gasteiger partial charge is 0.464 e. The lowest BCUT2D eigenvalue weighted by atomic mass is 10.3. The molecule has 1 heterocycles. The summed E-state index contributed by atoms with van der Waals surface area (Å²) in [5.74, 6) is -5.90. The van der Waals surface area contributed by atoms with Crippen LogP contribution >= 0.6 is 0 Å². The summed E-state index contributed by atoms with van der Waals surface area (Å²) in [6.07, 6.45) is -8.03. The van der Waals surface area contributed by atoms with Gasteiger partial charge in [-0.2, -0.15) is 26.3 Å². The standard InChI is InChI=1S/C5H2F6O2/c6-2(7)3-12-1-4(8,13-3)5(9,10)11/h1H2. The van der Waals surface area contributed by atoms with Gasteiger partial charge in [-0.25, -0.2) is 0 Å². The monoisotopic (exact) mass is 208 g/mol. The third-order valence-electron chi connectivity index (χ3n) is 1.22. The molecule has 1 rings (SSSR count). The first-order valence-corrected chi connectivity index (χ1v) is 2.89. The van der Waals surface area contributed by atoms with Crippen LogP contribution in [0.2, 0.25) is 0 Å². The Kier molecular flexibility index (Phi) is 2.08. The van der Waals surface area contributed by atoms with Crippen LogP contribution in [0.5, 0.6) is 0 Å². The van der Waals surface area contributed by atoms with Crippen molar-refractivity contribution in [3.8, 4) is 0 Å². The molecule has 1 unspecified atom stereocenters. The van der Waals surface area contributed by atoms with Gasteiger partial charge < -0.3 is 9.47 Å². The number of hydrogen-bond donors (Lipinski definition) is 0. The SMILES string of the molecule is FC(F)=C1OCC(F)(C(F)(F)F)O1. The molecule has 76 valence electrons. The molecule has 13 heavy (non-hydrogen) atoms. The maximum absolute atomic E-state index is 12.6. The van der Waals surface area contributed by atoms with Gasteiger partial charge in [-0.3, -0.25) is 0 Å². The molecule has 1 saturated heterocycles. The Morgan fingerprint density at radius 2 is 1.85 bits per heavy atom. The van der Waals surface area contributed by atoms with Gasteiger partial charge in [0, 0.05) is 0 Å². The number of hydrogen-bond acceptors (Lipinski definition) is 2. The summed E-state index contributed by atoms with van der Waals surface area (Å²) < 4.78 is 77.9. The van der Waals surface area contributed by atoms with E-state index in [0.29, 0.717) is 0 Å². The molecule has 8 heteroatoms. The van der Waals surface area contributed by atoms with Gasteiger partial charge in [0.05, 0.1) is 0 Å². The van der Waals surface area contributed by atoms with E-state index in [4.69, 9.17) is 0 Å². The predicted molar refractivity (Wildman–Crippen MR) is 26.2 cm³/mol. The number of ether oxygens (including phenoxy) is 2. The maximum Gasteiger partial charge on any atom is 0.464 e. The van der Waals surface area contributed by atoms with Crippen LogP contribution in [0.4, 0.5) is 26.3 Å². The average Bonchev–Trinajstić information content (AvgIpc) is 2.31. The quantitative estimate of drug-likeness (QED) is 0.568. The van der Waals surface area contributed by atoms with Gasteiger partial charge in [-0.15, -0.1) is 0 Å². The highest BCUT2D eigenvalue weighted by atomic mass is 19.4. The maximum atomic E-state index is 12.6. The second-order valence-corrected chi connectivity index (χ2v) is 2.16. The lowest BCUT2D eigenvalue weighted by Gasteiger charge is -2.18. The molecule has 1 atom stereocenters. The highest BCUT2D eigenvalue weighted by Crippen LogP contribution is 2.42. The Morgan fingerprint density at radius 1 is 1.31 bits per heavy atom. The van der Waals surface area contributed by atoms with Gasteiger partial charge in [-0.05, 0) is 0 Å². The molecular weight excluding hydrogens is 206 g/mol. The Labute approximate surface area is 67.7 Å². The second kappa shape index (κ2) is 2.71. The van der Waals surface area contributed by atoms with E-state index in [-0.39, 0.29) is 0 Å². The molecule has 0 aromatic carbocycles. The van der Waals surface area contributed by atoms with Crippen molar-refractivity contribution in [2.75, 3.05) is 6.61 Å². The zero-order chi connectivity index (χ0) is 10.3. The van der Waals surface area contributed by atoms with E-state index in [1.54, 1.807) is 0 Å². The van der Waals surface area contributed by atoms with Crippen molar-refractivity contribution in [3.05, 3.63) is 12.0 Å². The van der Waals surface area contributed by atoms with Crippen molar-refractivity contribution in [2.24, 2.45) is 0 Å². The van der Waals surface area contributed by atoms with Gasteiger partial charge in [0.15, 0.2) is 6.61 Å². The molecule has 0 aromatic rings. The fraction of sp³-hybridized carbons (Fsp3) is 0.600. The highest BCUT2D eigenvalue weighted by molar-refractivity contribution is 4.95. The first kappa shape index (κ1) is 10.0. The van der Waals surface area contributed by atoms with E-state index in [0.717, 1.165) is 0 Å². The normalized spacial score (nSPS) is 28.3. The van der Waals surface area contributed by atoms with E-state index in [9.17, 15) is 26.3 Å². The van der Waals surface area contributed by atoms with Crippen molar-refractivity contribution >= 4 is 0 Å². The molecule has 0 aromatic heterocycles. The summed E-state index contributed by atoms with van der Waals surface area (Å²) in [5, 5.41) is 0. The zero-order valence-corrected chi connectivity index (χ0v) is 5.79. The molecule has 1 fully saturated rings. The summed E-state index contributed by atoms with van der Waals surface area (Å²) in [5.41, 5.74) is 0. The van der Waals surface area contributed by atoms with Crippen LogP contribution in [0.1, 0.15) is 0 Å². The summed E-state index contributed by atoms with van der Waals surface area (Å²) >= 11 is 0. The lowest BCUT2D eigenvalue weighted by molar-refractivity contribution is -0.304. The highest BCUT2D eigenvalue weighted by Gasteiger charge is 2.64. The molecule has 0 radical (unpaired) electrons. The van der Waals surface area contributed by atoms with Gasteiger partial charge >= 0.3 is 24.1 Å². The van der Waals surface area contributed by atoms with Crippen molar-refractivity contribution in [3.63, 3.8) is 0 Å². The first-order chi connectivity index (χ1) is 5.76. The summed E-state index contributed by atoms with van der Waals surface area (Å²) in [6.45, 7) is -1.62. The van der Waals surface area contributed by atoms with Gasteiger partial charge in [-0.1, -0.05) is 0 Å². The van der Waals surface area contributed by atoms with E-state index >= 15 is 0 Å². The second-order valence-electron chi connectivity index (χ2n) is 2.16. The molecular formula is C5H2F6O2. The fourth-order valence-electron chi connectivity index (χ4n) is 0.597. The van der Waals surface area contributed by atoms with Crippen molar-refractivity contribution < 1.29 is 35.8 Å². The smallest absolute Gasteiger partial charge is 0.454 e. The van der Waals surface area contributed by atoms with Crippen LogP contribution in [-0.4, -0.2) is 18.6 Å². The molecule has 0 saturated carbocycles. The van der Waals surface area contributed by atoms with Crippen molar-refractivity contribution in [1.29, 1.82) is 0 Å². The third kappa shape index (κ3) is 1.65. The summed E-state index contributed by atoms with van der Waals surface area (Å²) in [4.78, 5) is 0. The molecule has 0 amide bonds. The van der Waals surface area contributed by atoms with Crippen LogP contribution in [0.25, 0.3) is 0 Å². The molecule has 1 aliphatic rings. The third-order valence-corrected chi connectivity index (χ3v) is 1.22. The Hall–Kier alpha value is -1.08. The summed E-state index contributed by atoms with van der Waals surface area (Å²) in [6, 6.07) is 0. The average molecular weight is 208 g/mol. The van der Waals surface area contributed by atoms with Crippen LogP contribution in [0.3, 0.4) is 0 Å². The molecule has 0 aliphatic carbocycles. The number of rotatable bonds is 0. The van der Waals surface area contributed by atoms with Gasteiger partial charge in [0.2, 0.25) is 0 Å². The molecule has 0 spiro atoms. The van der Waals surface area contributed by atoms with E-state index in [1.165, 1.54) is 0 Å². The van der Waals surface area contributed by atoms with E-state index in [1.807, 2.05) is 0 Å². The fourth-order valence-corrected chi connectivity index (χ4v) is 0.597. The molecule has 1 aliphatic heterocycles. The minimum absolute atomic E-state index is 1.62. The predicted octanol–water partition coefficient (Wildman–Crippen LogP) is 2.33. The lowest BCUT2D eigenvalue weighted by Crippen LogP contribution is -2.42. The van der Waals surface area contributed by atoms with Gasteiger partial charge in [0.25, 0.3) is 0 Å². The number of alkyl halides is 4. The first-order valence-electron chi connectivity index (χ1n) is 2.89. The Bertz CT molecular complexity index is 242. The van der Waals surface area contributed by atoms with Gasteiger partial charge in [0.1, 0.15) is 0 Å². The van der Waals surface area contributed by atoms with Crippen LogP contribution < -0.4 is 0 Å². The molecule has 0 N–H and O–H groups in total. The van der Waals surface area contributed by atoms with Crippen molar-refractivity contribution in [2.45, 2.75) is 12.0 Å². The Balaban J connectivity index is 2.85. The minimum Gasteiger partial charge on any atom is -0.454 e. The Morgan fingerprint density at radius 3 is 2.08 bits per heavy atom.